The highest BCUT2D eigenvalue weighted by Crippen LogP contribution is 2.19. The summed E-state index contributed by atoms with van der Waals surface area (Å²) in [5, 5.41) is 0. The molecule has 1 aliphatic heterocycles. The zero-order valence-electron chi connectivity index (χ0n) is 14.4. The molecule has 0 radical (unpaired) electrons. The Labute approximate surface area is 148 Å². The first-order chi connectivity index (χ1) is 11.7. The Bertz CT molecular complexity index is 699. The van der Waals surface area contributed by atoms with Crippen LogP contribution in [0.15, 0.2) is 53.4 Å². The molecule has 0 unspecified atom stereocenters. The lowest BCUT2D eigenvalue weighted by atomic mass is 10.00. The van der Waals surface area contributed by atoms with Gasteiger partial charge in [-0.2, -0.15) is 0 Å². The highest BCUT2D eigenvalue weighted by Gasteiger charge is 2.19. The molecule has 3 rings (SSSR count). The van der Waals surface area contributed by atoms with E-state index in [0.717, 1.165) is 19.5 Å². The summed E-state index contributed by atoms with van der Waals surface area (Å²) in [7, 11) is 1.89. The molecule has 2 aromatic rings. The van der Waals surface area contributed by atoms with E-state index in [2.05, 4.69) is 59.7 Å². The van der Waals surface area contributed by atoms with E-state index in [1.165, 1.54) is 21.6 Å². The highest BCUT2D eigenvalue weighted by atomic mass is 32.2. The van der Waals surface area contributed by atoms with Gasteiger partial charge in [-0.15, -0.1) is 11.8 Å². The first-order valence-electron chi connectivity index (χ1n) is 8.32. The predicted molar refractivity (Wildman–Crippen MR) is 100 cm³/mol. The van der Waals surface area contributed by atoms with Crippen molar-refractivity contribution >= 4 is 17.7 Å². The van der Waals surface area contributed by atoms with Crippen LogP contribution in [0.5, 0.6) is 0 Å². The van der Waals surface area contributed by atoms with Crippen molar-refractivity contribution in [1.29, 1.82) is 0 Å². The molecule has 0 spiro atoms. The molecule has 1 aliphatic rings. The summed E-state index contributed by atoms with van der Waals surface area (Å²) in [6.07, 6.45) is 3.10. The van der Waals surface area contributed by atoms with Gasteiger partial charge in [0.25, 0.3) is 0 Å². The molecule has 2 aromatic carbocycles. The third-order valence-corrected chi connectivity index (χ3v) is 5.32. The van der Waals surface area contributed by atoms with Gasteiger partial charge < -0.3 is 4.90 Å². The van der Waals surface area contributed by atoms with Gasteiger partial charge in [-0.3, -0.25) is 9.69 Å². The molecule has 24 heavy (non-hydrogen) atoms. The number of thioether (sulfide) groups is 1. The minimum atomic E-state index is 0.184. The van der Waals surface area contributed by atoms with Crippen LogP contribution >= 0.6 is 11.8 Å². The zero-order valence-corrected chi connectivity index (χ0v) is 15.2. The maximum absolute atomic E-state index is 12.5. The van der Waals surface area contributed by atoms with Gasteiger partial charge >= 0.3 is 0 Å². The second-order valence-electron chi connectivity index (χ2n) is 6.33. The lowest BCUT2D eigenvalue weighted by Crippen LogP contribution is -2.40. The van der Waals surface area contributed by atoms with Crippen LogP contribution in [0, 0.1) is 0 Å². The van der Waals surface area contributed by atoms with Crippen molar-refractivity contribution in [1.82, 2.24) is 9.80 Å². The smallest absolute Gasteiger partial charge is 0.236 e. The lowest BCUT2D eigenvalue weighted by Gasteiger charge is -2.29. The van der Waals surface area contributed by atoms with Gasteiger partial charge in [-0.05, 0) is 41.5 Å². The fourth-order valence-corrected chi connectivity index (χ4v) is 3.50. The molecule has 0 aliphatic carbocycles. The average Bonchev–Trinajstić information content (AvgIpc) is 2.62. The van der Waals surface area contributed by atoms with E-state index in [0.29, 0.717) is 13.1 Å². The third-order valence-electron chi connectivity index (χ3n) is 4.57. The number of nitrogens with zero attached hydrogens (tertiary/aromatic N) is 2. The number of carbonyl (C=O) groups excluding carboxylic acids is 1. The molecule has 4 heteroatoms. The molecule has 0 N–H and O–H groups in total. The highest BCUT2D eigenvalue weighted by molar-refractivity contribution is 7.98. The molecule has 0 saturated carbocycles. The Morgan fingerprint density at radius 1 is 1.12 bits per heavy atom. The maximum Gasteiger partial charge on any atom is 0.236 e. The first-order valence-corrected chi connectivity index (χ1v) is 9.54. The van der Waals surface area contributed by atoms with Gasteiger partial charge in [-0.25, -0.2) is 0 Å². The molecular weight excluding hydrogens is 316 g/mol. The monoisotopic (exact) mass is 340 g/mol. The van der Waals surface area contributed by atoms with Gasteiger partial charge in [0.05, 0.1) is 6.54 Å². The molecule has 0 bridgehead atoms. The second-order valence-corrected chi connectivity index (χ2v) is 7.21. The maximum atomic E-state index is 12.5. The summed E-state index contributed by atoms with van der Waals surface area (Å²) >= 11 is 1.73. The standard InChI is InChI=1S/C20H24N2OS/c1-21(13-16-7-9-19(24-2)10-8-16)20(23)15-22-12-11-17-5-3-4-6-18(17)14-22/h3-10H,11-15H2,1-2H3. The van der Waals surface area contributed by atoms with Crippen LogP contribution in [0.25, 0.3) is 0 Å². The van der Waals surface area contributed by atoms with Gasteiger partial charge in [0.15, 0.2) is 0 Å². The molecule has 0 saturated heterocycles. The van der Waals surface area contributed by atoms with Crippen molar-refractivity contribution in [2.45, 2.75) is 24.4 Å². The van der Waals surface area contributed by atoms with Crippen molar-refractivity contribution in [3.8, 4) is 0 Å². The van der Waals surface area contributed by atoms with Crippen molar-refractivity contribution in [3.63, 3.8) is 0 Å². The number of fused-ring (bicyclic) bond motifs is 1. The Morgan fingerprint density at radius 2 is 1.83 bits per heavy atom. The largest absolute Gasteiger partial charge is 0.340 e. The Kier molecular flexibility index (Phi) is 5.59. The van der Waals surface area contributed by atoms with Gasteiger partial charge in [0.1, 0.15) is 0 Å². The normalized spacial score (nSPS) is 14.2. The molecule has 3 nitrogen and oxygen atoms in total. The van der Waals surface area contributed by atoms with Crippen LogP contribution < -0.4 is 0 Å². The zero-order chi connectivity index (χ0) is 16.9. The van der Waals surface area contributed by atoms with E-state index in [1.54, 1.807) is 11.8 Å². The summed E-state index contributed by atoms with van der Waals surface area (Å²) in [6.45, 7) is 2.99. The molecule has 1 heterocycles. The minimum Gasteiger partial charge on any atom is -0.340 e. The molecular formula is C20H24N2OS. The topological polar surface area (TPSA) is 23.6 Å². The van der Waals surface area contributed by atoms with Crippen LogP contribution in [-0.4, -0.2) is 42.1 Å². The van der Waals surface area contributed by atoms with Crippen molar-refractivity contribution in [3.05, 3.63) is 65.2 Å². The van der Waals surface area contributed by atoms with Gasteiger partial charge in [0, 0.05) is 31.6 Å². The van der Waals surface area contributed by atoms with E-state index < -0.39 is 0 Å². The fraction of sp³-hybridized carbons (Fsp3) is 0.350. The summed E-state index contributed by atoms with van der Waals surface area (Å²) < 4.78 is 0. The third kappa shape index (κ3) is 4.19. The number of amides is 1. The number of rotatable bonds is 5. The number of hydrogen-bond acceptors (Lipinski definition) is 3. The molecule has 0 atom stereocenters. The Balaban J connectivity index is 1.54. The summed E-state index contributed by atoms with van der Waals surface area (Å²) in [4.78, 5) is 17.9. The molecule has 1 amide bonds. The molecule has 126 valence electrons. The van der Waals surface area contributed by atoms with Crippen LogP contribution in [0.2, 0.25) is 0 Å². The van der Waals surface area contributed by atoms with E-state index >= 15 is 0 Å². The number of likely N-dealkylation sites (N-methyl/N-ethyl adjacent to an activating group) is 1. The van der Waals surface area contributed by atoms with E-state index in [4.69, 9.17) is 0 Å². The van der Waals surface area contributed by atoms with Gasteiger partial charge in [-0.1, -0.05) is 36.4 Å². The summed E-state index contributed by atoms with van der Waals surface area (Å²) in [5.41, 5.74) is 3.95. The summed E-state index contributed by atoms with van der Waals surface area (Å²) in [6, 6.07) is 17.0. The quantitative estimate of drug-likeness (QED) is 0.779. The number of benzene rings is 2. The molecule has 0 aromatic heterocycles. The fourth-order valence-electron chi connectivity index (χ4n) is 3.09. The van der Waals surface area contributed by atoms with Crippen molar-refractivity contribution in [2.24, 2.45) is 0 Å². The van der Waals surface area contributed by atoms with E-state index in [1.807, 2.05) is 11.9 Å². The van der Waals surface area contributed by atoms with E-state index in [9.17, 15) is 4.79 Å². The van der Waals surface area contributed by atoms with Gasteiger partial charge in [0.2, 0.25) is 5.91 Å². The van der Waals surface area contributed by atoms with Crippen molar-refractivity contribution < 1.29 is 4.79 Å². The minimum absolute atomic E-state index is 0.184. The predicted octanol–water partition coefficient (Wildman–Crippen LogP) is 3.43. The van der Waals surface area contributed by atoms with Crippen LogP contribution in [0.4, 0.5) is 0 Å². The van der Waals surface area contributed by atoms with Crippen LogP contribution in [-0.2, 0) is 24.3 Å². The first kappa shape index (κ1) is 17.1. The Hall–Kier alpha value is -1.78. The molecule has 0 fully saturated rings. The second kappa shape index (κ2) is 7.86. The van der Waals surface area contributed by atoms with Crippen LogP contribution in [0.1, 0.15) is 16.7 Å². The SMILES string of the molecule is CSc1ccc(CN(C)C(=O)CN2CCc3ccccc3C2)cc1. The lowest BCUT2D eigenvalue weighted by molar-refractivity contribution is -0.131. The van der Waals surface area contributed by atoms with E-state index in [-0.39, 0.29) is 5.91 Å². The Morgan fingerprint density at radius 3 is 2.54 bits per heavy atom. The van der Waals surface area contributed by atoms with Crippen LogP contribution in [0.3, 0.4) is 0 Å². The average molecular weight is 340 g/mol. The number of hydrogen-bond donors (Lipinski definition) is 0. The number of carbonyl (C=O) groups is 1. The summed E-state index contributed by atoms with van der Waals surface area (Å²) in [5.74, 6) is 0.184. The van der Waals surface area contributed by atoms with Crippen molar-refractivity contribution in [2.75, 3.05) is 26.4 Å².